The van der Waals surface area contributed by atoms with E-state index in [1.165, 1.54) is 50.1 Å². The predicted octanol–water partition coefficient (Wildman–Crippen LogP) is 7.34. The molecular formula is C28H26. The Labute approximate surface area is 168 Å². The number of benzene rings is 2. The van der Waals surface area contributed by atoms with Crippen LogP contribution in [-0.4, -0.2) is 0 Å². The average molecular weight is 363 g/mol. The Hall–Kier alpha value is -3.12. The first-order valence-corrected chi connectivity index (χ1v) is 9.86. The molecule has 1 spiro atoms. The Morgan fingerprint density at radius 2 is 1.71 bits per heavy atom. The molecule has 1 atom stereocenters. The first kappa shape index (κ1) is 18.3. The molecule has 0 aromatic heterocycles. The van der Waals surface area contributed by atoms with E-state index >= 15 is 0 Å². The van der Waals surface area contributed by atoms with E-state index in [-0.39, 0.29) is 5.41 Å². The van der Waals surface area contributed by atoms with Crippen LogP contribution in [0, 0.1) is 6.92 Å². The van der Waals surface area contributed by atoms with Gasteiger partial charge in [-0.3, -0.25) is 0 Å². The molecule has 0 saturated carbocycles. The second-order valence-corrected chi connectivity index (χ2v) is 7.39. The van der Waals surface area contributed by atoms with Crippen molar-refractivity contribution in [2.45, 2.75) is 26.2 Å². The summed E-state index contributed by atoms with van der Waals surface area (Å²) in [7, 11) is 0. The van der Waals surface area contributed by atoms with Gasteiger partial charge in [0.05, 0.1) is 5.41 Å². The molecule has 0 bridgehead atoms. The van der Waals surface area contributed by atoms with Crippen LogP contribution in [0.5, 0.6) is 0 Å². The molecule has 0 heteroatoms. The number of fused-ring (bicyclic) bond motifs is 4. The molecule has 2 aromatic carbocycles. The van der Waals surface area contributed by atoms with Crippen LogP contribution in [0.2, 0.25) is 0 Å². The van der Waals surface area contributed by atoms with Crippen molar-refractivity contribution in [3.05, 3.63) is 131 Å². The zero-order valence-corrected chi connectivity index (χ0v) is 16.9. The lowest BCUT2D eigenvalue weighted by molar-refractivity contribution is 0.785. The number of allylic oxidation sites excluding steroid dienone is 10. The highest BCUT2D eigenvalue weighted by molar-refractivity contribution is 6.01. The Morgan fingerprint density at radius 3 is 2.39 bits per heavy atom. The summed E-state index contributed by atoms with van der Waals surface area (Å²) in [5, 5.41) is 0. The Balaban J connectivity index is 2.27. The Kier molecular flexibility index (Phi) is 4.43. The van der Waals surface area contributed by atoms with Crippen LogP contribution < -0.4 is 0 Å². The number of rotatable bonds is 3. The van der Waals surface area contributed by atoms with Crippen molar-refractivity contribution in [2.24, 2.45) is 0 Å². The normalized spacial score (nSPS) is 23.1. The summed E-state index contributed by atoms with van der Waals surface area (Å²) < 4.78 is 0. The standard InChI is InChI=1S/C28H26/c1-6-12-24-20(8-3)22-14-10-11-15-26(22)28(24)25(13-7-2)21(9-4)23-17-16-19(5)18-27(23)28/h6-18H,1,4H2,2-3,5H3/b13-7-,20-8-,24-12+. The van der Waals surface area contributed by atoms with Gasteiger partial charge in [-0.15, -0.1) is 0 Å². The molecule has 0 aliphatic heterocycles. The van der Waals surface area contributed by atoms with Crippen LogP contribution >= 0.6 is 0 Å². The van der Waals surface area contributed by atoms with Gasteiger partial charge in [-0.05, 0) is 65.3 Å². The van der Waals surface area contributed by atoms with E-state index in [1.54, 1.807) is 0 Å². The Morgan fingerprint density at radius 1 is 0.929 bits per heavy atom. The predicted molar refractivity (Wildman–Crippen MR) is 122 cm³/mol. The molecule has 1 unspecified atom stereocenters. The number of hydrogen-bond acceptors (Lipinski definition) is 0. The fraction of sp³-hybridized carbons (Fsp3) is 0.143. The zero-order valence-electron chi connectivity index (χ0n) is 16.9. The van der Waals surface area contributed by atoms with Crippen molar-refractivity contribution in [2.75, 3.05) is 0 Å². The SMILES string of the molecule is C=C/C=C1\C(=C/C)c2ccccc2C12C(/C=C\C)=C(C=C)c1ccc(C)cc12. The van der Waals surface area contributed by atoms with E-state index in [1.807, 2.05) is 12.2 Å². The first-order chi connectivity index (χ1) is 13.6. The summed E-state index contributed by atoms with van der Waals surface area (Å²) in [4.78, 5) is 0. The van der Waals surface area contributed by atoms with Crippen molar-refractivity contribution in [3.63, 3.8) is 0 Å². The number of hydrogen-bond donors (Lipinski definition) is 0. The molecule has 0 radical (unpaired) electrons. The largest absolute Gasteiger partial charge is 0.0991 e. The van der Waals surface area contributed by atoms with Crippen LogP contribution in [0.1, 0.15) is 41.7 Å². The van der Waals surface area contributed by atoms with Crippen molar-refractivity contribution >= 4 is 11.1 Å². The van der Waals surface area contributed by atoms with Crippen molar-refractivity contribution in [3.8, 4) is 0 Å². The van der Waals surface area contributed by atoms with Crippen LogP contribution in [0.4, 0.5) is 0 Å². The lowest BCUT2D eigenvalue weighted by Crippen LogP contribution is -2.27. The van der Waals surface area contributed by atoms with Crippen LogP contribution in [-0.2, 0) is 5.41 Å². The fourth-order valence-electron chi connectivity index (χ4n) is 5.06. The zero-order chi connectivity index (χ0) is 19.9. The van der Waals surface area contributed by atoms with E-state index in [2.05, 4.69) is 101 Å². The molecule has 2 aliphatic carbocycles. The molecule has 138 valence electrons. The molecule has 2 aliphatic rings. The molecule has 0 saturated heterocycles. The van der Waals surface area contributed by atoms with Crippen LogP contribution in [0.15, 0.2) is 103 Å². The average Bonchev–Trinajstić information content (AvgIpc) is 3.14. The number of aryl methyl sites for hydroxylation is 1. The molecular weight excluding hydrogens is 336 g/mol. The fourth-order valence-corrected chi connectivity index (χ4v) is 5.06. The highest BCUT2D eigenvalue weighted by Gasteiger charge is 2.53. The van der Waals surface area contributed by atoms with E-state index in [4.69, 9.17) is 0 Å². The topological polar surface area (TPSA) is 0 Å². The van der Waals surface area contributed by atoms with Gasteiger partial charge in [-0.1, -0.05) is 97.6 Å². The molecule has 4 rings (SSSR count). The molecule has 0 amide bonds. The summed E-state index contributed by atoms with van der Waals surface area (Å²) in [6.07, 6.45) is 12.8. The summed E-state index contributed by atoms with van der Waals surface area (Å²) in [5.74, 6) is 0. The minimum absolute atomic E-state index is 0.329. The van der Waals surface area contributed by atoms with Crippen molar-refractivity contribution in [1.82, 2.24) is 0 Å². The van der Waals surface area contributed by atoms with Crippen molar-refractivity contribution in [1.29, 1.82) is 0 Å². The lowest BCUT2D eigenvalue weighted by atomic mass is 9.69. The van der Waals surface area contributed by atoms with Gasteiger partial charge in [-0.25, -0.2) is 0 Å². The lowest BCUT2D eigenvalue weighted by Gasteiger charge is -2.32. The minimum atomic E-state index is -0.329. The third-order valence-corrected chi connectivity index (χ3v) is 5.99. The van der Waals surface area contributed by atoms with E-state index in [0.717, 1.165) is 0 Å². The maximum Gasteiger partial charge on any atom is 0.0725 e. The van der Waals surface area contributed by atoms with Gasteiger partial charge in [0.25, 0.3) is 0 Å². The molecule has 28 heavy (non-hydrogen) atoms. The van der Waals surface area contributed by atoms with Gasteiger partial charge in [0.15, 0.2) is 0 Å². The van der Waals surface area contributed by atoms with E-state index in [9.17, 15) is 0 Å². The monoisotopic (exact) mass is 362 g/mol. The highest BCUT2D eigenvalue weighted by atomic mass is 14.5. The maximum atomic E-state index is 4.17. The molecule has 0 heterocycles. The summed E-state index contributed by atoms with van der Waals surface area (Å²) in [6.45, 7) is 14.6. The molecule has 0 fully saturated rings. The second-order valence-electron chi connectivity index (χ2n) is 7.39. The molecule has 2 aromatic rings. The van der Waals surface area contributed by atoms with Gasteiger partial charge < -0.3 is 0 Å². The molecule has 0 nitrogen and oxygen atoms in total. The third kappa shape index (κ3) is 2.18. The van der Waals surface area contributed by atoms with E-state index in [0.29, 0.717) is 0 Å². The van der Waals surface area contributed by atoms with Gasteiger partial charge in [0.1, 0.15) is 0 Å². The summed E-state index contributed by atoms with van der Waals surface area (Å²) >= 11 is 0. The van der Waals surface area contributed by atoms with Crippen LogP contribution in [0.3, 0.4) is 0 Å². The van der Waals surface area contributed by atoms with Crippen molar-refractivity contribution < 1.29 is 0 Å². The van der Waals surface area contributed by atoms with Gasteiger partial charge >= 0.3 is 0 Å². The van der Waals surface area contributed by atoms with Gasteiger partial charge in [-0.2, -0.15) is 0 Å². The Bertz CT molecular complexity index is 1110. The summed E-state index contributed by atoms with van der Waals surface area (Å²) in [6, 6.07) is 15.6. The summed E-state index contributed by atoms with van der Waals surface area (Å²) in [5.41, 5.74) is 11.3. The third-order valence-electron chi connectivity index (χ3n) is 5.99. The smallest absolute Gasteiger partial charge is 0.0725 e. The highest BCUT2D eigenvalue weighted by Crippen LogP contribution is 2.63. The van der Waals surface area contributed by atoms with Gasteiger partial charge in [0, 0.05) is 0 Å². The second kappa shape index (κ2) is 6.80. The quantitative estimate of drug-likeness (QED) is 0.536. The van der Waals surface area contributed by atoms with Gasteiger partial charge in [0.2, 0.25) is 0 Å². The van der Waals surface area contributed by atoms with E-state index < -0.39 is 0 Å². The minimum Gasteiger partial charge on any atom is -0.0991 e. The van der Waals surface area contributed by atoms with Crippen LogP contribution in [0.25, 0.3) is 11.1 Å². The molecule has 0 N–H and O–H groups in total. The first-order valence-electron chi connectivity index (χ1n) is 9.86. The maximum absolute atomic E-state index is 4.17.